The van der Waals surface area contributed by atoms with Gasteiger partial charge in [-0.25, -0.2) is 0 Å². The number of hydrogen-bond donors (Lipinski definition) is 0. The molecule has 55 heavy (non-hydrogen) atoms. The quantitative estimate of drug-likeness (QED) is 0.161. The lowest BCUT2D eigenvalue weighted by atomic mass is 9.43. The van der Waals surface area contributed by atoms with Crippen LogP contribution < -0.4 is 4.90 Å². The summed E-state index contributed by atoms with van der Waals surface area (Å²) in [4.78, 5) is 2.56. The number of hydrogen-bond acceptors (Lipinski definition) is 1. The molecule has 0 heterocycles. The number of nitrogens with zero attached hydrogens (tertiary/aromatic N) is 1. The average molecular weight is 706 g/mol. The van der Waals surface area contributed by atoms with Crippen molar-refractivity contribution in [1.29, 1.82) is 0 Å². The minimum atomic E-state index is 0.124. The van der Waals surface area contributed by atoms with Crippen molar-refractivity contribution in [2.45, 2.75) is 37.5 Å². The molecule has 5 aliphatic rings. The minimum Gasteiger partial charge on any atom is -0.310 e. The number of benzene rings is 8. The Hall–Kier alpha value is -5.92. The van der Waals surface area contributed by atoms with Crippen LogP contribution in [0.3, 0.4) is 0 Å². The fraction of sp³-hybridized carbons (Fsp3) is 0.185. The highest BCUT2D eigenvalue weighted by Gasteiger charge is 2.61. The van der Waals surface area contributed by atoms with Gasteiger partial charge in [-0.3, -0.25) is 0 Å². The van der Waals surface area contributed by atoms with Crippen LogP contribution in [0.25, 0.3) is 54.9 Å². The van der Waals surface area contributed by atoms with E-state index in [4.69, 9.17) is 0 Å². The van der Waals surface area contributed by atoms with Gasteiger partial charge in [-0.15, -0.1) is 0 Å². The molecule has 0 amide bonds. The zero-order valence-electron chi connectivity index (χ0n) is 31.0. The van der Waals surface area contributed by atoms with Crippen molar-refractivity contribution in [2.75, 3.05) is 4.90 Å². The summed E-state index contributed by atoms with van der Waals surface area (Å²) >= 11 is 0. The van der Waals surface area contributed by atoms with Gasteiger partial charge in [0.15, 0.2) is 0 Å². The predicted molar refractivity (Wildman–Crippen MR) is 230 cm³/mol. The van der Waals surface area contributed by atoms with Crippen LogP contribution in [0.2, 0.25) is 0 Å². The van der Waals surface area contributed by atoms with Gasteiger partial charge in [0, 0.05) is 22.4 Å². The molecule has 5 aliphatic carbocycles. The van der Waals surface area contributed by atoms with Gasteiger partial charge in [-0.2, -0.15) is 0 Å². The Labute approximate surface area is 323 Å². The van der Waals surface area contributed by atoms with Crippen molar-refractivity contribution in [3.05, 3.63) is 187 Å². The molecule has 1 nitrogen and oxygen atoms in total. The third kappa shape index (κ3) is 4.66. The molecule has 8 aromatic rings. The first-order valence-corrected chi connectivity index (χ1v) is 20.4. The van der Waals surface area contributed by atoms with Crippen LogP contribution in [0.1, 0.15) is 43.2 Å². The van der Waals surface area contributed by atoms with E-state index in [-0.39, 0.29) is 5.41 Å². The standard InChI is InChI=1S/C54H43N/c1-2-9-37(10-3-1)38-17-19-39(20-18-38)40-23-25-45(26-24-40)55(46-27-28-48-42(34-46)22-21-41-11-4-5-12-47(41)48)52-16-8-15-51-53(52)49-13-6-7-14-50(49)54(51)43-30-35-29-36(32-43)33-44(54)31-35/h1-28,34-36,43-44H,29-33H2. The number of fused-ring (bicyclic) bond motifs is 6. The summed E-state index contributed by atoms with van der Waals surface area (Å²) in [6.45, 7) is 0. The lowest BCUT2D eigenvalue weighted by molar-refractivity contribution is -0.0399. The Kier molecular flexibility index (Phi) is 6.88. The molecule has 0 saturated heterocycles. The van der Waals surface area contributed by atoms with E-state index in [9.17, 15) is 0 Å². The molecule has 4 fully saturated rings. The fourth-order valence-corrected chi connectivity index (χ4v) is 12.2. The van der Waals surface area contributed by atoms with Gasteiger partial charge in [0.05, 0.1) is 5.69 Å². The van der Waals surface area contributed by atoms with Crippen molar-refractivity contribution in [3.63, 3.8) is 0 Å². The molecule has 4 bridgehead atoms. The van der Waals surface area contributed by atoms with Crippen LogP contribution in [0.15, 0.2) is 176 Å². The Bertz CT molecular complexity index is 2730. The van der Waals surface area contributed by atoms with Gasteiger partial charge in [-0.1, -0.05) is 146 Å². The van der Waals surface area contributed by atoms with Gasteiger partial charge in [0.25, 0.3) is 0 Å². The molecule has 8 aromatic carbocycles. The summed E-state index contributed by atoms with van der Waals surface area (Å²) in [5.74, 6) is 3.31. The van der Waals surface area contributed by atoms with Crippen LogP contribution >= 0.6 is 0 Å². The van der Waals surface area contributed by atoms with Gasteiger partial charge >= 0.3 is 0 Å². The largest absolute Gasteiger partial charge is 0.310 e. The maximum Gasteiger partial charge on any atom is 0.0543 e. The number of anilines is 3. The van der Waals surface area contributed by atoms with E-state index in [0.29, 0.717) is 0 Å². The summed E-state index contributed by atoms with van der Waals surface area (Å²) in [5, 5.41) is 5.15. The highest BCUT2D eigenvalue weighted by Crippen LogP contribution is 2.70. The number of rotatable bonds is 5. The van der Waals surface area contributed by atoms with E-state index in [1.54, 1.807) is 11.1 Å². The second-order valence-corrected chi connectivity index (χ2v) is 16.9. The van der Waals surface area contributed by atoms with Gasteiger partial charge < -0.3 is 4.90 Å². The first-order valence-electron chi connectivity index (χ1n) is 20.4. The lowest BCUT2D eigenvalue weighted by Gasteiger charge is -2.61. The summed E-state index contributed by atoms with van der Waals surface area (Å²) in [7, 11) is 0. The molecule has 264 valence electrons. The van der Waals surface area contributed by atoms with Crippen molar-refractivity contribution in [3.8, 4) is 33.4 Å². The molecule has 1 heteroatoms. The Morgan fingerprint density at radius 2 is 0.964 bits per heavy atom. The second-order valence-electron chi connectivity index (χ2n) is 16.9. The van der Waals surface area contributed by atoms with Crippen molar-refractivity contribution in [2.24, 2.45) is 23.7 Å². The summed E-state index contributed by atoms with van der Waals surface area (Å²) < 4.78 is 0. The van der Waals surface area contributed by atoms with E-state index < -0.39 is 0 Å². The third-order valence-corrected chi connectivity index (χ3v) is 14.2. The topological polar surface area (TPSA) is 3.24 Å². The first-order chi connectivity index (χ1) is 27.2. The second kappa shape index (κ2) is 12.0. The molecule has 0 N–H and O–H groups in total. The van der Waals surface area contributed by atoms with Crippen molar-refractivity contribution in [1.82, 2.24) is 0 Å². The van der Waals surface area contributed by atoms with E-state index in [0.717, 1.165) is 23.7 Å². The van der Waals surface area contributed by atoms with Crippen LogP contribution in [0, 0.1) is 23.7 Å². The summed E-state index contributed by atoms with van der Waals surface area (Å²) in [6.07, 6.45) is 7.03. The average Bonchev–Trinajstić information content (AvgIpc) is 3.54. The zero-order valence-corrected chi connectivity index (χ0v) is 31.0. The van der Waals surface area contributed by atoms with E-state index in [1.807, 2.05) is 0 Å². The maximum absolute atomic E-state index is 2.56. The third-order valence-electron chi connectivity index (χ3n) is 14.2. The maximum atomic E-state index is 2.56. The molecular weight excluding hydrogens is 663 g/mol. The molecule has 0 radical (unpaired) electrons. The fourth-order valence-electron chi connectivity index (χ4n) is 12.2. The molecule has 0 atom stereocenters. The first kappa shape index (κ1) is 31.4. The van der Waals surface area contributed by atoms with E-state index in [2.05, 4.69) is 181 Å². The Balaban J connectivity index is 1.03. The van der Waals surface area contributed by atoms with Crippen LogP contribution in [0.4, 0.5) is 17.1 Å². The van der Waals surface area contributed by atoms with Gasteiger partial charge in [0.1, 0.15) is 0 Å². The molecule has 4 saturated carbocycles. The smallest absolute Gasteiger partial charge is 0.0543 e. The molecular formula is C54H43N. The lowest BCUT2D eigenvalue weighted by Crippen LogP contribution is -2.55. The highest BCUT2D eigenvalue weighted by atomic mass is 15.1. The Morgan fingerprint density at radius 3 is 1.71 bits per heavy atom. The Morgan fingerprint density at radius 1 is 0.400 bits per heavy atom. The molecule has 0 aliphatic heterocycles. The van der Waals surface area contributed by atoms with Gasteiger partial charge in [0.2, 0.25) is 0 Å². The molecule has 0 unspecified atom stereocenters. The molecule has 0 aromatic heterocycles. The van der Waals surface area contributed by atoms with Crippen LogP contribution in [-0.2, 0) is 5.41 Å². The monoisotopic (exact) mass is 705 g/mol. The van der Waals surface area contributed by atoms with Crippen molar-refractivity contribution >= 4 is 38.6 Å². The minimum absolute atomic E-state index is 0.124. The predicted octanol–water partition coefficient (Wildman–Crippen LogP) is 14.5. The van der Waals surface area contributed by atoms with Crippen molar-refractivity contribution < 1.29 is 0 Å². The zero-order chi connectivity index (χ0) is 36.1. The van der Waals surface area contributed by atoms with E-state index >= 15 is 0 Å². The molecule has 1 spiro atoms. The van der Waals surface area contributed by atoms with Gasteiger partial charge in [-0.05, 0) is 147 Å². The highest BCUT2D eigenvalue weighted by molar-refractivity contribution is 6.09. The summed E-state index contributed by atoms with van der Waals surface area (Å²) in [6, 6.07) is 66.2. The van der Waals surface area contributed by atoms with Crippen LogP contribution in [-0.4, -0.2) is 0 Å². The SMILES string of the molecule is c1ccc(-c2ccc(-c3ccc(N(c4ccc5c(ccc6ccccc65)c4)c4cccc5c4-c4ccccc4C54C5CC6CC(C5)CC4C6)cc3)cc2)cc1. The van der Waals surface area contributed by atoms with E-state index in [1.165, 1.54) is 104 Å². The van der Waals surface area contributed by atoms with Crippen LogP contribution in [0.5, 0.6) is 0 Å². The summed E-state index contributed by atoms with van der Waals surface area (Å²) in [5.41, 5.74) is 14.8. The molecule has 13 rings (SSSR count). The normalized spacial score (nSPS) is 23.0.